The van der Waals surface area contributed by atoms with Crippen LogP contribution in [0.2, 0.25) is 0 Å². The predicted molar refractivity (Wildman–Crippen MR) is 68.7 cm³/mol. The summed E-state index contributed by atoms with van der Waals surface area (Å²) in [4.78, 5) is 4.13. The van der Waals surface area contributed by atoms with Crippen molar-refractivity contribution in [2.45, 2.75) is 18.9 Å². The first-order chi connectivity index (χ1) is 7.90. The minimum absolute atomic E-state index is 0.450. The number of nitrogens with one attached hydrogen (secondary N) is 1. The van der Waals surface area contributed by atoms with Crippen LogP contribution < -0.4 is 5.32 Å². The first-order valence-electron chi connectivity index (χ1n) is 5.48. The number of hydrogen-bond acceptors (Lipinski definition) is 3. The summed E-state index contributed by atoms with van der Waals surface area (Å²) in [6.07, 6.45) is 5.94. The highest BCUT2D eigenvalue weighted by Gasteiger charge is 2.09. The van der Waals surface area contributed by atoms with Crippen LogP contribution in [0, 0.1) is 0 Å². The van der Waals surface area contributed by atoms with E-state index in [-0.39, 0.29) is 0 Å². The second kappa shape index (κ2) is 5.77. The van der Waals surface area contributed by atoms with E-state index in [2.05, 4.69) is 33.2 Å². The molecule has 0 aliphatic heterocycles. The maximum atomic E-state index is 4.13. The predicted octanol–water partition coefficient (Wildman–Crippen LogP) is 3.04. The zero-order chi connectivity index (χ0) is 11.2. The second-order valence-electron chi connectivity index (χ2n) is 3.80. The molecular formula is C13H16N2S. The lowest BCUT2D eigenvalue weighted by Gasteiger charge is -2.14. The third-order valence-electron chi connectivity index (χ3n) is 2.74. The van der Waals surface area contributed by atoms with E-state index in [1.54, 1.807) is 11.3 Å². The van der Waals surface area contributed by atoms with Gasteiger partial charge in [-0.1, -0.05) is 6.07 Å². The van der Waals surface area contributed by atoms with Crippen molar-refractivity contribution in [3.8, 4) is 0 Å². The Hall–Kier alpha value is -1.19. The minimum atomic E-state index is 0.450. The SMILES string of the molecule is CNC(CCc1cccnc1)c1ccsc1. The lowest BCUT2D eigenvalue weighted by molar-refractivity contribution is 0.550. The van der Waals surface area contributed by atoms with Crippen LogP contribution in [0.5, 0.6) is 0 Å². The smallest absolute Gasteiger partial charge is 0.0328 e. The molecule has 84 valence electrons. The van der Waals surface area contributed by atoms with Crippen LogP contribution in [0.4, 0.5) is 0 Å². The van der Waals surface area contributed by atoms with Crippen molar-refractivity contribution in [1.82, 2.24) is 10.3 Å². The summed E-state index contributed by atoms with van der Waals surface area (Å²) >= 11 is 1.75. The molecule has 16 heavy (non-hydrogen) atoms. The number of hydrogen-bond donors (Lipinski definition) is 1. The Morgan fingerprint density at radius 1 is 1.44 bits per heavy atom. The second-order valence-corrected chi connectivity index (χ2v) is 4.58. The Morgan fingerprint density at radius 3 is 3.00 bits per heavy atom. The highest BCUT2D eigenvalue weighted by molar-refractivity contribution is 7.07. The summed E-state index contributed by atoms with van der Waals surface area (Å²) in [5, 5.41) is 7.70. The van der Waals surface area contributed by atoms with Crippen molar-refractivity contribution in [3.63, 3.8) is 0 Å². The quantitative estimate of drug-likeness (QED) is 0.857. The highest BCUT2D eigenvalue weighted by atomic mass is 32.1. The van der Waals surface area contributed by atoms with Crippen LogP contribution in [0.25, 0.3) is 0 Å². The van der Waals surface area contributed by atoms with Gasteiger partial charge >= 0.3 is 0 Å². The van der Waals surface area contributed by atoms with E-state index in [4.69, 9.17) is 0 Å². The molecule has 0 amide bonds. The Labute approximate surface area is 100 Å². The fourth-order valence-corrected chi connectivity index (χ4v) is 2.52. The standard InChI is InChI=1S/C13H16N2S/c1-14-13(12-6-8-16-10-12)5-4-11-3-2-7-15-9-11/h2-3,6-10,13-14H,4-5H2,1H3. The zero-order valence-electron chi connectivity index (χ0n) is 9.39. The van der Waals surface area contributed by atoms with E-state index in [0.717, 1.165) is 12.8 Å². The van der Waals surface area contributed by atoms with Gasteiger partial charge in [0, 0.05) is 18.4 Å². The molecule has 0 aliphatic rings. The molecule has 0 aromatic carbocycles. The van der Waals surface area contributed by atoms with Crippen LogP contribution in [0.3, 0.4) is 0 Å². The minimum Gasteiger partial charge on any atom is -0.313 e. The highest BCUT2D eigenvalue weighted by Crippen LogP contribution is 2.20. The molecule has 1 atom stereocenters. The monoisotopic (exact) mass is 232 g/mol. The molecule has 3 heteroatoms. The molecule has 0 bridgehead atoms. The average molecular weight is 232 g/mol. The fraction of sp³-hybridized carbons (Fsp3) is 0.308. The van der Waals surface area contributed by atoms with Crippen molar-refractivity contribution < 1.29 is 0 Å². The van der Waals surface area contributed by atoms with Gasteiger partial charge in [-0.3, -0.25) is 4.98 Å². The van der Waals surface area contributed by atoms with Gasteiger partial charge in [-0.25, -0.2) is 0 Å². The van der Waals surface area contributed by atoms with E-state index in [0.29, 0.717) is 6.04 Å². The first kappa shape index (κ1) is 11.3. The summed E-state index contributed by atoms with van der Waals surface area (Å²) in [5.74, 6) is 0. The summed E-state index contributed by atoms with van der Waals surface area (Å²) < 4.78 is 0. The van der Waals surface area contributed by atoms with Crippen LogP contribution in [0.15, 0.2) is 41.4 Å². The molecule has 0 radical (unpaired) electrons. The number of nitrogens with zero attached hydrogens (tertiary/aromatic N) is 1. The normalized spacial score (nSPS) is 12.6. The number of rotatable bonds is 5. The molecule has 0 aliphatic carbocycles. The Kier molecular flexibility index (Phi) is 4.08. The number of aromatic nitrogens is 1. The van der Waals surface area contributed by atoms with E-state index in [1.807, 2.05) is 25.5 Å². The van der Waals surface area contributed by atoms with Crippen molar-refractivity contribution in [1.29, 1.82) is 0 Å². The maximum absolute atomic E-state index is 4.13. The van der Waals surface area contributed by atoms with Gasteiger partial charge in [0.05, 0.1) is 0 Å². The first-order valence-corrected chi connectivity index (χ1v) is 6.42. The molecule has 0 saturated heterocycles. The summed E-state index contributed by atoms with van der Waals surface area (Å²) in [5.41, 5.74) is 2.69. The van der Waals surface area contributed by atoms with Gasteiger partial charge in [-0.2, -0.15) is 11.3 Å². The molecule has 0 saturated carbocycles. The van der Waals surface area contributed by atoms with Crippen LogP contribution in [-0.2, 0) is 6.42 Å². The number of pyridine rings is 1. The van der Waals surface area contributed by atoms with Gasteiger partial charge in [0.15, 0.2) is 0 Å². The molecule has 2 nitrogen and oxygen atoms in total. The van der Waals surface area contributed by atoms with E-state index < -0.39 is 0 Å². The molecular weight excluding hydrogens is 216 g/mol. The maximum Gasteiger partial charge on any atom is 0.0328 e. The van der Waals surface area contributed by atoms with Crippen molar-refractivity contribution >= 4 is 11.3 Å². The Bertz CT molecular complexity index is 397. The van der Waals surface area contributed by atoms with Gasteiger partial charge in [0.1, 0.15) is 0 Å². The molecule has 0 fully saturated rings. The van der Waals surface area contributed by atoms with Crippen LogP contribution in [0.1, 0.15) is 23.6 Å². The average Bonchev–Trinajstić information content (AvgIpc) is 2.85. The summed E-state index contributed by atoms with van der Waals surface area (Å²) in [7, 11) is 2.02. The molecule has 2 aromatic rings. The third kappa shape index (κ3) is 2.90. The largest absolute Gasteiger partial charge is 0.313 e. The lowest BCUT2D eigenvalue weighted by atomic mass is 10.0. The Balaban J connectivity index is 1.94. The van der Waals surface area contributed by atoms with Crippen molar-refractivity contribution in [3.05, 3.63) is 52.5 Å². The molecule has 1 unspecified atom stereocenters. The number of aryl methyl sites for hydroxylation is 1. The topological polar surface area (TPSA) is 24.9 Å². The van der Waals surface area contributed by atoms with Crippen molar-refractivity contribution in [2.75, 3.05) is 7.05 Å². The van der Waals surface area contributed by atoms with Crippen molar-refractivity contribution in [2.24, 2.45) is 0 Å². The van der Waals surface area contributed by atoms with Gasteiger partial charge < -0.3 is 5.32 Å². The third-order valence-corrected chi connectivity index (χ3v) is 3.44. The van der Waals surface area contributed by atoms with Gasteiger partial charge in [0.25, 0.3) is 0 Å². The number of thiophene rings is 1. The molecule has 2 rings (SSSR count). The zero-order valence-corrected chi connectivity index (χ0v) is 10.2. The van der Waals surface area contributed by atoms with Crippen LogP contribution >= 0.6 is 11.3 Å². The van der Waals surface area contributed by atoms with E-state index >= 15 is 0 Å². The molecule has 2 aromatic heterocycles. The van der Waals surface area contributed by atoms with E-state index in [9.17, 15) is 0 Å². The van der Waals surface area contributed by atoms with Crippen LogP contribution in [-0.4, -0.2) is 12.0 Å². The fourth-order valence-electron chi connectivity index (χ4n) is 1.81. The summed E-state index contributed by atoms with van der Waals surface area (Å²) in [6.45, 7) is 0. The molecule has 1 N–H and O–H groups in total. The van der Waals surface area contributed by atoms with Gasteiger partial charge in [-0.15, -0.1) is 0 Å². The summed E-state index contributed by atoms with van der Waals surface area (Å²) in [6, 6.07) is 6.77. The molecule has 0 spiro atoms. The van der Waals surface area contributed by atoms with E-state index in [1.165, 1.54) is 11.1 Å². The lowest BCUT2D eigenvalue weighted by Crippen LogP contribution is -2.16. The van der Waals surface area contributed by atoms with Gasteiger partial charge in [-0.05, 0) is 53.9 Å². The van der Waals surface area contributed by atoms with Gasteiger partial charge in [0.2, 0.25) is 0 Å². The molecule has 2 heterocycles. The Morgan fingerprint density at radius 2 is 2.38 bits per heavy atom.